The second-order valence-corrected chi connectivity index (χ2v) is 5.72. The van der Waals surface area contributed by atoms with Crippen LogP contribution in [0.5, 0.6) is 0 Å². The maximum Gasteiger partial charge on any atom is 0.141 e. The van der Waals surface area contributed by atoms with Gasteiger partial charge in [-0.05, 0) is 19.8 Å². The molecule has 2 unspecified atom stereocenters. The fourth-order valence-electron chi connectivity index (χ4n) is 2.49. The summed E-state index contributed by atoms with van der Waals surface area (Å²) in [7, 11) is 0. The van der Waals surface area contributed by atoms with Crippen LogP contribution in [0.25, 0.3) is 0 Å². The lowest BCUT2D eigenvalue weighted by Crippen LogP contribution is -2.37. The molecule has 0 spiro atoms. The number of rotatable bonds is 2. The Morgan fingerprint density at radius 3 is 1.87 bits per heavy atom. The highest BCUT2D eigenvalue weighted by Gasteiger charge is 2.38. The Morgan fingerprint density at radius 2 is 1.47 bits per heavy atom. The van der Waals surface area contributed by atoms with Gasteiger partial charge >= 0.3 is 0 Å². The van der Waals surface area contributed by atoms with Gasteiger partial charge in [0, 0.05) is 17.3 Å². The number of hydrogen-bond acceptors (Lipinski definition) is 2. The van der Waals surface area contributed by atoms with Crippen LogP contribution >= 0.6 is 0 Å². The third kappa shape index (κ3) is 2.90. The Morgan fingerprint density at radius 1 is 1.00 bits per heavy atom. The highest BCUT2D eigenvalue weighted by atomic mass is 16.1. The van der Waals surface area contributed by atoms with E-state index in [1.165, 1.54) is 0 Å². The zero-order valence-electron chi connectivity index (χ0n) is 10.3. The molecule has 1 saturated carbocycles. The summed E-state index contributed by atoms with van der Waals surface area (Å²) >= 11 is 0. The van der Waals surface area contributed by atoms with Crippen LogP contribution in [0, 0.1) is 17.3 Å². The van der Waals surface area contributed by atoms with Gasteiger partial charge in [-0.15, -0.1) is 0 Å². The standard InChI is InChI=1S/C13H22O2/c1-9(14)10-7-5-6-8-11(10)12(15)13(2,3)4/h10-11H,5-8H2,1-4H3. The maximum atomic E-state index is 12.2. The molecule has 0 radical (unpaired) electrons. The molecule has 1 rings (SSSR count). The predicted molar refractivity (Wildman–Crippen MR) is 60.6 cm³/mol. The molecule has 86 valence electrons. The second-order valence-electron chi connectivity index (χ2n) is 5.72. The minimum atomic E-state index is -0.310. The van der Waals surface area contributed by atoms with Crippen molar-refractivity contribution in [2.45, 2.75) is 53.4 Å². The molecule has 0 N–H and O–H groups in total. The molecule has 1 aliphatic carbocycles. The van der Waals surface area contributed by atoms with Crippen LogP contribution in [-0.4, -0.2) is 11.6 Å². The largest absolute Gasteiger partial charge is 0.300 e. The van der Waals surface area contributed by atoms with Gasteiger partial charge in [0.15, 0.2) is 0 Å². The van der Waals surface area contributed by atoms with Crippen molar-refractivity contribution in [3.8, 4) is 0 Å². The molecule has 0 aromatic rings. The highest BCUT2D eigenvalue weighted by Crippen LogP contribution is 2.35. The van der Waals surface area contributed by atoms with E-state index in [2.05, 4.69) is 0 Å². The predicted octanol–water partition coefficient (Wildman–Crippen LogP) is 3.00. The van der Waals surface area contributed by atoms with Crippen LogP contribution in [0.15, 0.2) is 0 Å². The van der Waals surface area contributed by atoms with Crippen molar-refractivity contribution in [2.75, 3.05) is 0 Å². The molecule has 15 heavy (non-hydrogen) atoms. The minimum Gasteiger partial charge on any atom is -0.300 e. The van der Waals surface area contributed by atoms with E-state index < -0.39 is 0 Å². The second kappa shape index (κ2) is 4.46. The number of carbonyl (C=O) groups excluding carboxylic acids is 2. The molecule has 1 fully saturated rings. The summed E-state index contributed by atoms with van der Waals surface area (Å²) in [4.78, 5) is 23.7. The first kappa shape index (κ1) is 12.4. The number of hydrogen-bond donors (Lipinski definition) is 0. The summed E-state index contributed by atoms with van der Waals surface area (Å²) in [5, 5.41) is 0. The van der Waals surface area contributed by atoms with E-state index >= 15 is 0 Å². The summed E-state index contributed by atoms with van der Waals surface area (Å²) in [6.07, 6.45) is 4.00. The fraction of sp³-hybridized carbons (Fsp3) is 0.846. The summed E-state index contributed by atoms with van der Waals surface area (Å²) < 4.78 is 0. The lowest BCUT2D eigenvalue weighted by molar-refractivity contribution is -0.138. The van der Waals surface area contributed by atoms with Crippen molar-refractivity contribution in [3.05, 3.63) is 0 Å². The lowest BCUT2D eigenvalue weighted by atomic mass is 9.69. The first-order valence-corrected chi connectivity index (χ1v) is 5.89. The summed E-state index contributed by atoms with van der Waals surface area (Å²) in [5.41, 5.74) is -0.310. The van der Waals surface area contributed by atoms with E-state index in [1.807, 2.05) is 20.8 Å². The van der Waals surface area contributed by atoms with Gasteiger partial charge in [0.1, 0.15) is 11.6 Å². The number of carbonyl (C=O) groups is 2. The Kier molecular flexibility index (Phi) is 3.69. The average Bonchev–Trinajstić information content (AvgIpc) is 2.15. The van der Waals surface area contributed by atoms with Crippen molar-refractivity contribution in [1.29, 1.82) is 0 Å². The van der Waals surface area contributed by atoms with Gasteiger partial charge in [-0.3, -0.25) is 9.59 Å². The summed E-state index contributed by atoms with van der Waals surface area (Å²) in [6.45, 7) is 7.46. The maximum absolute atomic E-state index is 12.2. The zero-order chi connectivity index (χ0) is 11.6. The molecule has 2 nitrogen and oxygen atoms in total. The third-order valence-electron chi connectivity index (χ3n) is 3.36. The van der Waals surface area contributed by atoms with E-state index in [9.17, 15) is 9.59 Å². The Hall–Kier alpha value is -0.660. The van der Waals surface area contributed by atoms with Crippen LogP contribution in [0.3, 0.4) is 0 Å². The Bertz CT molecular complexity index is 260. The van der Waals surface area contributed by atoms with Crippen molar-refractivity contribution in [1.82, 2.24) is 0 Å². The molecule has 0 aliphatic heterocycles. The molecule has 1 aliphatic rings. The van der Waals surface area contributed by atoms with E-state index in [0.29, 0.717) is 0 Å². The Balaban J connectivity index is 2.81. The smallest absolute Gasteiger partial charge is 0.141 e. The van der Waals surface area contributed by atoms with Gasteiger partial charge in [0.05, 0.1) is 0 Å². The molecule has 0 bridgehead atoms. The summed E-state index contributed by atoms with van der Waals surface area (Å²) in [6, 6.07) is 0. The molecule has 2 heteroatoms. The van der Waals surface area contributed by atoms with Crippen LogP contribution in [0.1, 0.15) is 53.4 Å². The molecular formula is C13H22O2. The van der Waals surface area contributed by atoms with E-state index in [1.54, 1.807) is 6.92 Å². The topological polar surface area (TPSA) is 34.1 Å². The van der Waals surface area contributed by atoms with Crippen LogP contribution in [-0.2, 0) is 9.59 Å². The quantitative estimate of drug-likeness (QED) is 0.702. The van der Waals surface area contributed by atoms with E-state index in [0.717, 1.165) is 25.7 Å². The van der Waals surface area contributed by atoms with Crippen LogP contribution < -0.4 is 0 Å². The first-order valence-electron chi connectivity index (χ1n) is 5.89. The molecule has 0 saturated heterocycles. The van der Waals surface area contributed by atoms with Gasteiger partial charge in [0.2, 0.25) is 0 Å². The van der Waals surface area contributed by atoms with Crippen molar-refractivity contribution >= 4 is 11.6 Å². The van der Waals surface area contributed by atoms with Gasteiger partial charge in [-0.1, -0.05) is 33.6 Å². The summed E-state index contributed by atoms with van der Waals surface area (Å²) in [5.74, 6) is 0.432. The van der Waals surface area contributed by atoms with Crippen molar-refractivity contribution in [3.63, 3.8) is 0 Å². The van der Waals surface area contributed by atoms with Gasteiger partial charge in [-0.25, -0.2) is 0 Å². The normalized spacial score (nSPS) is 27.5. The van der Waals surface area contributed by atoms with Crippen molar-refractivity contribution < 1.29 is 9.59 Å². The Labute approximate surface area is 92.4 Å². The number of ketones is 2. The average molecular weight is 210 g/mol. The molecule has 2 atom stereocenters. The SMILES string of the molecule is CC(=O)C1CCCCC1C(=O)C(C)(C)C. The molecule has 0 aromatic carbocycles. The van der Waals surface area contributed by atoms with Crippen LogP contribution in [0.4, 0.5) is 0 Å². The minimum absolute atomic E-state index is 0.00882. The van der Waals surface area contributed by atoms with Gasteiger partial charge < -0.3 is 0 Å². The number of Topliss-reactive ketones (excluding diaryl/α,β-unsaturated/α-hetero) is 2. The van der Waals surface area contributed by atoms with E-state index in [4.69, 9.17) is 0 Å². The monoisotopic (exact) mass is 210 g/mol. The molecule has 0 amide bonds. The van der Waals surface area contributed by atoms with E-state index in [-0.39, 0.29) is 28.8 Å². The lowest BCUT2D eigenvalue weighted by Gasteiger charge is -2.33. The molecule has 0 heterocycles. The third-order valence-corrected chi connectivity index (χ3v) is 3.36. The fourth-order valence-corrected chi connectivity index (χ4v) is 2.49. The first-order chi connectivity index (χ1) is 6.84. The molecule has 0 aromatic heterocycles. The zero-order valence-corrected chi connectivity index (χ0v) is 10.3. The van der Waals surface area contributed by atoms with Crippen molar-refractivity contribution in [2.24, 2.45) is 17.3 Å². The molecular weight excluding hydrogens is 188 g/mol. The highest BCUT2D eigenvalue weighted by molar-refractivity contribution is 5.91. The van der Waals surface area contributed by atoms with Crippen LogP contribution in [0.2, 0.25) is 0 Å². The van der Waals surface area contributed by atoms with Gasteiger partial charge in [-0.2, -0.15) is 0 Å². The van der Waals surface area contributed by atoms with Gasteiger partial charge in [0.25, 0.3) is 0 Å².